The predicted molar refractivity (Wildman–Crippen MR) is 88.8 cm³/mol. The molecule has 1 atom stereocenters. The summed E-state index contributed by atoms with van der Waals surface area (Å²) in [6, 6.07) is 2.81. The standard InChI is InChI=1S/C15H21BrN2O5/c1-22-12-8-10(16)13(23-2)7-9(12)5-6-18-15(21)11(17)3-4-14(19)20/h7-8,11H,3-6,17H2,1-2H3,(H,18,21)(H,19,20)/t11-/m0/s1. The van der Waals surface area contributed by atoms with E-state index in [0.717, 1.165) is 10.0 Å². The lowest BCUT2D eigenvalue weighted by Gasteiger charge is -2.14. The maximum atomic E-state index is 11.8. The minimum atomic E-state index is -0.972. The Kier molecular flexibility index (Phi) is 7.84. The Morgan fingerprint density at radius 1 is 1.30 bits per heavy atom. The number of carboxylic acids is 1. The van der Waals surface area contributed by atoms with Crippen LogP contribution in [-0.2, 0) is 16.0 Å². The molecule has 0 heterocycles. The third-order valence-electron chi connectivity index (χ3n) is 3.25. The first-order valence-corrected chi connectivity index (χ1v) is 7.83. The van der Waals surface area contributed by atoms with Crippen LogP contribution in [0.3, 0.4) is 0 Å². The van der Waals surface area contributed by atoms with Gasteiger partial charge in [-0.1, -0.05) is 0 Å². The summed E-state index contributed by atoms with van der Waals surface area (Å²) in [7, 11) is 3.14. The zero-order chi connectivity index (χ0) is 17.4. The molecule has 4 N–H and O–H groups in total. The minimum Gasteiger partial charge on any atom is -0.496 e. The fourth-order valence-electron chi connectivity index (χ4n) is 1.98. The molecule has 0 aliphatic heterocycles. The molecule has 0 saturated heterocycles. The fraction of sp³-hybridized carbons (Fsp3) is 0.467. The van der Waals surface area contributed by atoms with E-state index in [1.807, 2.05) is 6.07 Å². The average Bonchev–Trinajstić information content (AvgIpc) is 2.53. The second kappa shape index (κ2) is 9.36. The lowest BCUT2D eigenvalue weighted by Crippen LogP contribution is -2.41. The molecule has 0 unspecified atom stereocenters. The number of carbonyl (C=O) groups excluding carboxylic acids is 1. The summed E-state index contributed by atoms with van der Waals surface area (Å²) < 4.78 is 11.3. The van der Waals surface area contributed by atoms with E-state index in [4.69, 9.17) is 20.3 Å². The van der Waals surface area contributed by atoms with Gasteiger partial charge in [0.1, 0.15) is 11.5 Å². The van der Waals surface area contributed by atoms with Crippen molar-refractivity contribution in [1.29, 1.82) is 0 Å². The summed E-state index contributed by atoms with van der Waals surface area (Å²) in [6.45, 7) is 0.362. The van der Waals surface area contributed by atoms with Gasteiger partial charge in [0.25, 0.3) is 0 Å². The number of nitrogens with one attached hydrogen (secondary N) is 1. The van der Waals surface area contributed by atoms with E-state index in [1.54, 1.807) is 20.3 Å². The number of hydrogen-bond donors (Lipinski definition) is 3. The number of carboxylic acid groups (broad SMARTS) is 1. The van der Waals surface area contributed by atoms with Crippen molar-refractivity contribution in [1.82, 2.24) is 5.32 Å². The molecule has 23 heavy (non-hydrogen) atoms. The molecule has 0 fully saturated rings. The monoisotopic (exact) mass is 388 g/mol. The maximum absolute atomic E-state index is 11.8. The number of nitrogens with two attached hydrogens (primary N) is 1. The number of carbonyl (C=O) groups is 2. The van der Waals surface area contributed by atoms with Crippen molar-refractivity contribution < 1.29 is 24.2 Å². The van der Waals surface area contributed by atoms with Crippen molar-refractivity contribution in [3.63, 3.8) is 0 Å². The molecule has 7 nitrogen and oxygen atoms in total. The molecule has 0 aromatic heterocycles. The predicted octanol–water partition coefficient (Wildman–Crippen LogP) is 1.32. The number of rotatable bonds is 9. The Bertz CT molecular complexity index is 565. The summed E-state index contributed by atoms with van der Waals surface area (Å²) in [4.78, 5) is 22.3. The Morgan fingerprint density at radius 3 is 2.52 bits per heavy atom. The van der Waals surface area contributed by atoms with Gasteiger partial charge in [0, 0.05) is 13.0 Å². The van der Waals surface area contributed by atoms with Gasteiger partial charge in [-0.2, -0.15) is 0 Å². The van der Waals surface area contributed by atoms with Gasteiger partial charge in [0.15, 0.2) is 0 Å². The number of benzene rings is 1. The van der Waals surface area contributed by atoms with E-state index >= 15 is 0 Å². The first-order valence-electron chi connectivity index (χ1n) is 7.04. The first-order chi connectivity index (χ1) is 10.9. The smallest absolute Gasteiger partial charge is 0.303 e. The van der Waals surface area contributed by atoms with Crippen LogP contribution in [-0.4, -0.2) is 43.8 Å². The van der Waals surface area contributed by atoms with Crippen molar-refractivity contribution in [2.75, 3.05) is 20.8 Å². The molecule has 8 heteroatoms. The molecular weight excluding hydrogens is 368 g/mol. The van der Waals surface area contributed by atoms with Gasteiger partial charge in [0.2, 0.25) is 5.91 Å². The van der Waals surface area contributed by atoms with Crippen LogP contribution < -0.4 is 20.5 Å². The van der Waals surface area contributed by atoms with Gasteiger partial charge in [0.05, 0.1) is 24.7 Å². The molecule has 0 saturated carbocycles. The highest BCUT2D eigenvalue weighted by molar-refractivity contribution is 9.10. The number of ether oxygens (including phenoxy) is 2. The zero-order valence-corrected chi connectivity index (χ0v) is 14.7. The molecule has 128 valence electrons. The number of halogens is 1. The fourth-order valence-corrected chi connectivity index (χ4v) is 2.46. The van der Waals surface area contributed by atoms with Crippen LogP contribution >= 0.6 is 15.9 Å². The molecule has 0 bridgehead atoms. The Labute approximate surface area is 143 Å². The van der Waals surface area contributed by atoms with E-state index in [9.17, 15) is 9.59 Å². The number of amides is 1. The second-order valence-electron chi connectivity index (χ2n) is 4.88. The van der Waals surface area contributed by atoms with Crippen molar-refractivity contribution in [2.45, 2.75) is 25.3 Å². The highest BCUT2D eigenvalue weighted by Gasteiger charge is 2.15. The van der Waals surface area contributed by atoms with Gasteiger partial charge in [-0.05, 0) is 46.5 Å². The SMILES string of the molecule is COc1cc(CCNC(=O)[C@@H](N)CCC(=O)O)c(OC)cc1Br. The summed E-state index contributed by atoms with van der Waals surface area (Å²) in [5, 5.41) is 11.3. The molecule has 1 aromatic carbocycles. The Hall–Kier alpha value is -1.80. The van der Waals surface area contributed by atoms with Crippen LogP contribution in [0.2, 0.25) is 0 Å². The molecule has 0 aliphatic rings. The highest BCUT2D eigenvalue weighted by atomic mass is 79.9. The molecule has 0 radical (unpaired) electrons. The lowest BCUT2D eigenvalue weighted by molar-refractivity contribution is -0.137. The van der Waals surface area contributed by atoms with Gasteiger partial charge >= 0.3 is 5.97 Å². The normalized spacial score (nSPS) is 11.7. The van der Waals surface area contributed by atoms with Crippen LogP contribution in [0.25, 0.3) is 0 Å². The van der Waals surface area contributed by atoms with Crippen LogP contribution in [0.4, 0.5) is 0 Å². The van der Waals surface area contributed by atoms with E-state index in [-0.39, 0.29) is 18.7 Å². The third kappa shape index (κ3) is 6.07. The van der Waals surface area contributed by atoms with Gasteiger partial charge in [-0.25, -0.2) is 0 Å². The van der Waals surface area contributed by atoms with Crippen LogP contribution in [0.5, 0.6) is 11.5 Å². The third-order valence-corrected chi connectivity index (χ3v) is 3.87. The van der Waals surface area contributed by atoms with Crippen molar-refractivity contribution in [3.05, 3.63) is 22.2 Å². The van der Waals surface area contributed by atoms with E-state index in [2.05, 4.69) is 21.2 Å². The number of aliphatic carboxylic acids is 1. The van der Waals surface area contributed by atoms with Crippen LogP contribution in [0, 0.1) is 0 Å². The maximum Gasteiger partial charge on any atom is 0.303 e. The molecule has 0 aliphatic carbocycles. The Balaban J connectivity index is 2.58. The van der Waals surface area contributed by atoms with E-state index in [1.165, 1.54) is 0 Å². The molecule has 1 amide bonds. The highest BCUT2D eigenvalue weighted by Crippen LogP contribution is 2.32. The first kappa shape index (κ1) is 19.2. The van der Waals surface area contributed by atoms with E-state index in [0.29, 0.717) is 24.5 Å². The second-order valence-corrected chi connectivity index (χ2v) is 5.73. The molecule has 1 aromatic rings. The molecular formula is C15H21BrN2O5. The largest absolute Gasteiger partial charge is 0.496 e. The Morgan fingerprint density at radius 2 is 1.96 bits per heavy atom. The van der Waals surface area contributed by atoms with Gasteiger partial charge in [-0.15, -0.1) is 0 Å². The van der Waals surface area contributed by atoms with E-state index < -0.39 is 12.0 Å². The summed E-state index contributed by atoms with van der Waals surface area (Å²) >= 11 is 3.38. The minimum absolute atomic E-state index is 0.108. The van der Waals surface area contributed by atoms with Crippen LogP contribution in [0.15, 0.2) is 16.6 Å². The zero-order valence-electron chi connectivity index (χ0n) is 13.1. The van der Waals surface area contributed by atoms with Gasteiger partial charge < -0.3 is 25.6 Å². The average molecular weight is 389 g/mol. The molecule has 1 rings (SSSR count). The van der Waals surface area contributed by atoms with Crippen molar-refractivity contribution in [2.24, 2.45) is 5.73 Å². The summed E-state index contributed by atoms with van der Waals surface area (Å²) in [5.41, 5.74) is 6.52. The van der Waals surface area contributed by atoms with Crippen LogP contribution in [0.1, 0.15) is 18.4 Å². The lowest BCUT2D eigenvalue weighted by atomic mass is 10.1. The van der Waals surface area contributed by atoms with Crippen molar-refractivity contribution in [3.8, 4) is 11.5 Å². The van der Waals surface area contributed by atoms with Crippen molar-refractivity contribution >= 4 is 27.8 Å². The summed E-state index contributed by atoms with van der Waals surface area (Å²) in [5.74, 6) is 0.0154. The number of methoxy groups -OCH3 is 2. The number of hydrogen-bond acceptors (Lipinski definition) is 5. The topological polar surface area (TPSA) is 111 Å². The quantitative estimate of drug-likeness (QED) is 0.588. The molecule has 0 spiro atoms. The summed E-state index contributed by atoms with van der Waals surface area (Å²) in [6.07, 6.45) is 0.507. The van der Waals surface area contributed by atoms with Gasteiger partial charge in [-0.3, -0.25) is 9.59 Å².